The van der Waals surface area contributed by atoms with E-state index >= 15 is 0 Å². The standard InChI is InChI=1S/C17H17ClN6OS/c1-10-4-6-14(11(2)8-10)24-17(21-22-23-24)26-12(3)16(25)20-15-7-5-13(18)9-19-15/h4-9,12H,1-3H3,(H,19,20,25). The number of tetrazole rings is 1. The number of hydrogen-bond donors (Lipinski definition) is 1. The van der Waals surface area contributed by atoms with E-state index in [0.29, 0.717) is 16.0 Å². The summed E-state index contributed by atoms with van der Waals surface area (Å²) in [5.74, 6) is 0.251. The van der Waals surface area contributed by atoms with E-state index in [4.69, 9.17) is 11.6 Å². The number of nitrogens with one attached hydrogen (secondary N) is 1. The molecule has 3 aromatic rings. The van der Waals surface area contributed by atoms with Gasteiger partial charge in [0.25, 0.3) is 0 Å². The number of pyridine rings is 1. The highest BCUT2D eigenvalue weighted by atomic mass is 35.5. The van der Waals surface area contributed by atoms with E-state index in [1.54, 1.807) is 23.7 Å². The molecule has 0 radical (unpaired) electrons. The van der Waals surface area contributed by atoms with Crippen LogP contribution in [-0.4, -0.2) is 36.3 Å². The second-order valence-corrected chi connectivity index (χ2v) is 7.52. The largest absolute Gasteiger partial charge is 0.310 e. The molecular weight excluding hydrogens is 372 g/mol. The number of rotatable bonds is 5. The number of nitrogens with zero attached hydrogens (tertiary/aromatic N) is 5. The number of hydrogen-bond acceptors (Lipinski definition) is 6. The van der Waals surface area contributed by atoms with Gasteiger partial charge in [0.1, 0.15) is 5.82 Å². The summed E-state index contributed by atoms with van der Waals surface area (Å²) in [7, 11) is 0. The Kier molecular flexibility index (Phi) is 5.53. The van der Waals surface area contributed by atoms with Crippen molar-refractivity contribution in [3.05, 3.63) is 52.7 Å². The molecule has 1 unspecified atom stereocenters. The van der Waals surface area contributed by atoms with Crippen molar-refractivity contribution in [1.29, 1.82) is 0 Å². The quantitative estimate of drug-likeness (QED) is 0.674. The molecule has 0 aliphatic rings. The first-order valence-electron chi connectivity index (χ1n) is 7.89. The lowest BCUT2D eigenvalue weighted by atomic mass is 10.1. The average molecular weight is 389 g/mol. The third-order valence-electron chi connectivity index (χ3n) is 3.65. The monoisotopic (exact) mass is 388 g/mol. The van der Waals surface area contributed by atoms with Crippen LogP contribution in [0.25, 0.3) is 5.69 Å². The number of halogens is 1. The molecule has 2 heterocycles. The van der Waals surface area contributed by atoms with Gasteiger partial charge in [-0.1, -0.05) is 41.1 Å². The van der Waals surface area contributed by atoms with E-state index < -0.39 is 5.25 Å². The van der Waals surface area contributed by atoms with Gasteiger partial charge >= 0.3 is 0 Å². The Morgan fingerprint density at radius 1 is 1.27 bits per heavy atom. The van der Waals surface area contributed by atoms with Crippen LogP contribution in [0.5, 0.6) is 0 Å². The van der Waals surface area contributed by atoms with E-state index in [1.165, 1.54) is 18.0 Å². The van der Waals surface area contributed by atoms with Gasteiger partial charge < -0.3 is 5.32 Å². The number of carbonyl (C=O) groups excluding carboxylic acids is 1. The van der Waals surface area contributed by atoms with Gasteiger partial charge in [-0.3, -0.25) is 4.79 Å². The van der Waals surface area contributed by atoms with Gasteiger partial charge in [0.15, 0.2) is 0 Å². The van der Waals surface area contributed by atoms with Crippen molar-refractivity contribution in [2.45, 2.75) is 31.2 Å². The maximum atomic E-state index is 12.4. The second kappa shape index (κ2) is 7.84. The lowest BCUT2D eigenvalue weighted by molar-refractivity contribution is -0.115. The predicted molar refractivity (Wildman–Crippen MR) is 102 cm³/mol. The first kappa shape index (κ1) is 18.3. The first-order chi connectivity index (χ1) is 12.4. The molecule has 1 atom stereocenters. The fourth-order valence-corrected chi connectivity index (χ4v) is 3.25. The third kappa shape index (κ3) is 4.20. The Hall–Kier alpha value is -2.45. The number of carbonyl (C=O) groups is 1. The van der Waals surface area contributed by atoms with Gasteiger partial charge in [-0.25, -0.2) is 4.98 Å². The van der Waals surface area contributed by atoms with Crippen molar-refractivity contribution in [3.8, 4) is 5.69 Å². The van der Waals surface area contributed by atoms with Crippen molar-refractivity contribution in [2.24, 2.45) is 0 Å². The molecule has 2 aromatic heterocycles. The van der Waals surface area contributed by atoms with Gasteiger partial charge in [-0.05, 0) is 55.0 Å². The highest BCUT2D eigenvalue weighted by molar-refractivity contribution is 8.00. The molecule has 0 fully saturated rings. The van der Waals surface area contributed by atoms with Gasteiger partial charge in [0.05, 0.1) is 16.0 Å². The van der Waals surface area contributed by atoms with Crippen molar-refractivity contribution < 1.29 is 4.79 Å². The van der Waals surface area contributed by atoms with Crippen molar-refractivity contribution in [3.63, 3.8) is 0 Å². The van der Waals surface area contributed by atoms with Crippen LogP contribution in [0.2, 0.25) is 5.02 Å². The Labute approximate surface area is 160 Å². The molecule has 1 aromatic carbocycles. The minimum Gasteiger partial charge on any atom is -0.310 e. The Morgan fingerprint density at radius 3 is 2.77 bits per heavy atom. The molecule has 0 saturated carbocycles. The minimum absolute atomic E-state index is 0.194. The van der Waals surface area contributed by atoms with Crippen molar-refractivity contribution in [2.75, 3.05) is 5.32 Å². The first-order valence-corrected chi connectivity index (χ1v) is 9.15. The fraction of sp³-hybridized carbons (Fsp3) is 0.235. The summed E-state index contributed by atoms with van der Waals surface area (Å²) in [5.41, 5.74) is 3.11. The molecule has 0 aliphatic heterocycles. The molecule has 0 saturated heterocycles. The Bertz CT molecular complexity index is 927. The maximum Gasteiger partial charge on any atom is 0.238 e. The number of aryl methyl sites for hydroxylation is 2. The van der Waals surface area contributed by atoms with Gasteiger partial charge in [0.2, 0.25) is 11.1 Å². The van der Waals surface area contributed by atoms with Crippen LogP contribution in [0, 0.1) is 13.8 Å². The van der Waals surface area contributed by atoms with Crippen LogP contribution in [0.1, 0.15) is 18.1 Å². The van der Waals surface area contributed by atoms with Gasteiger partial charge in [-0.15, -0.1) is 5.10 Å². The molecule has 0 spiro atoms. The number of benzene rings is 1. The Balaban J connectivity index is 1.74. The van der Waals surface area contributed by atoms with E-state index in [-0.39, 0.29) is 5.91 Å². The highest BCUT2D eigenvalue weighted by Crippen LogP contribution is 2.25. The van der Waals surface area contributed by atoms with Gasteiger partial charge in [-0.2, -0.15) is 4.68 Å². The Morgan fingerprint density at radius 2 is 2.08 bits per heavy atom. The molecule has 134 valence electrons. The summed E-state index contributed by atoms with van der Waals surface area (Å²) in [5, 5.41) is 15.3. The van der Waals surface area contributed by atoms with Crippen LogP contribution in [0.15, 0.2) is 41.7 Å². The highest BCUT2D eigenvalue weighted by Gasteiger charge is 2.20. The summed E-state index contributed by atoms with van der Waals surface area (Å²) >= 11 is 7.08. The molecule has 1 amide bonds. The van der Waals surface area contributed by atoms with E-state index in [2.05, 4.69) is 31.9 Å². The topological polar surface area (TPSA) is 85.6 Å². The normalized spacial score (nSPS) is 12.0. The lowest BCUT2D eigenvalue weighted by Crippen LogP contribution is -2.23. The third-order valence-corrected chi connectivity index (χ3v) is 4.91. The van der Waals surface area contributed by atoms with Crippen LogP contribution >= 0.6 is 23.4 Å². The van der Waals surface area contributed by atoms with Crippen LogP contribution in [-0.2, 0) is 4.79 Å². The molecule has 0 bridgehead atoms. The zero-order valence-electron chi connectivity index (χ0n) is 14.5. The summed E-state index contributed by atoms with van der Waals surface area (Å²) in [4.78, 5) is 16.5. The van der Waals surface area contributed by atoms with Crippen molar-refractivity contribution in [1.82, 2.24) is 25.2 Å². The number of amides is 1. The molecule has 9 heteroatoms. The van der Waals surface area contributed by atoms with Crippen LogP contribution < -0.4 is 5.32 Å². The van der Waals surface area contributed by atoms with Crippen LogP contribution in [0.4, 0.5) is 5.82 Å². The van der Waals surface area contributed by atoms with E-state index in [0.717, 1.165) is 16.8 Å². The SMILES string of the molecule is Cc1ccc(-n2nnnc2SC(C)C(=O)Nc2ccc(Cl)cn2)c(C)c1. The predicted octanol–water partition coefficient (Wildman–Crippen LogP) is 3.45. The number of anilines is 1. The maximum absolute atomic E-state index is 12.4. The molecule has 0 aliphatic carbocycles. The lowest BCUT2D eigenvalue weighted by Gasteiger charge is -2.12. The molecular formula is C17H17ClN6OS. The average Bonchev–Trinajstić information content (AvgIpc) is 3.04. The summed E-state index contributed by atoms with van der Waals surface area (Å²) in [6.45, 7) is 5.82. The number of thioether (sulfide) groups is 1. The van der Waals surface area contributed by atoms with Gasteiger partial charge in [0, 0.05) is 6.20 Å². The summed E-state index contributed by atoms with van der Waals surface area (Å²) in [6, 6.07) is 9.35. The molecule has 1 N–H and O–H groups in total. The zero-order valence-corrected chi connectivity index (χ0v) is 16.0. The fourth-order valence-electron chi connectivity index (χ4n) is 2.34. The van der Waals surface area contributed by atoms with E-state index in [1.807, 2.05) is 26.0 Å². The summed E-state index contributed by atoms with van der Waals surface area (Å²) in [6.07, 6.45) is 1.48. The molecule has 7 nitrogen and oxygen atoms in total. The summed E-state index contributed by atoms with van der Waals surface area (Å²) < 4.78 is 1.64. The minimum atomic E-state index is -0.414. The molecule has 26 heavy (non-hydrogen) atoms. The molecule has 3 rings (SSSR count). The van der Waals surface area contributed by atoms with E-state index in [9.17, 15) is 4.79 Å². The van der Waals surface area contributed by atoms with Crippen molar-refractivity contribution >= 4 is 35.1 Å². The zero-order chi connectivity index (χ0) is 18.7. The smallest absolute Gasteiger partial charge is 0.238 e. The second-order valence-electron chi connectivity index (χ2n) is 5.77. The number of aromatic nitrogens is 5. The van der Waals surface area contributed by atoms with Crippen LogP contribution in [0.3, 0.4) is 0 Å².